The van der Waals surface area contributed by atoms with Gasteiger partial charge in [-0.05, 0) is 75.1 Å². The highest BCUT2D eigenvalue weighted by atomic mass is 16.7. The van der Waals surface area contributed by atoms with Crippen LogP contribution >= 0.6 is 0 Å². The highest BCUT2D eigenvalue weighted by Gasteiger charge is 2.45. The van der Waals surface area contributed by atoms with Crippen molar-refractivity contribution in [1.29, 1.82) is 0 Å². The van der Waals surface area contributed by atoms with Crippen LogP contribution in [0.3, 0.4) is 0 Å². The normalized spacial score (nSPS) is 18.9. The maximum atomic E-state index is 12.3. The van der Waals surface area contributed by atoms with Crippen molar-refractivity contribution in [2.45, 2.75) is 90.9 Å². The average Bonchev–Trinajstić information content (AvgIpc) is 3.59. The Kier molecular flexibility index (Phi) is 9.47. The van der Waals surface area contributed by atoms with Gasteiger partial charge >= 0.3 is 5.97 Å². The van der Waals surface area contributed by atoms with Crippen LogP contribution < -0.4 is 4.90 Å². The molecule has 3 aromatic rings. The number of imide groups is 1. The summed E-state index contributed by atoms with van der Waals surface area (Å²) in [6, 6.07) is 19.8. The molecule has 0 unspecified atom stereocenters. The molecule has 0 N–H and O–H groups in total. The first-order chi connectivity index (χ1) is 23.4. The molecular weight excluding hydrogens is 610 g/mol. The van der Waals surface area contributed by atoms with Crippen molar-refractivity contribution in [3.63, 3.8) is 0 Å². The summed E-state index contributed by atoms with van der Waals surface area (Å²) in [5.74, 6) is -1.44. The number of amides is 2. The molecule has 49 heavy (non-hydrogen) atoms. The molecule has 2 amide bonds. The SMILES string of the molecule is CCN1/C(=C/C=C/C=C/C2=[N+](CCCCCC(=O)ON3C(=O)CCC3=O)c3ccc4ccccc4c3C2(C)C)C(C)(C)c2cc(C)ccc21. The summed E-state index contributed by atoms with van der Waals surface area (Å²) in [4.78, 5) is 43.4. The Hall–Kier alpha value is -4.78. The topological polar surface area (TPSA) is 69.9 Å². The Morgan fingerprint density at radius 2 is 1.65 bits per heavy atom. The molecule has 3 aromatic carbocycles. The number of benzene rings is 3. The van der Waals surface area contributed by atoms with Crippen LogP contribution in [0.1, 0.15) is 89.8 Å². The highest BCUT2D eigenvalue weighted by molar-refractivity contribution is 6.07. The Balaban J connectivity index is 1.20. The van der Waals surface area contributed by atoms with E-state index in [2.05, 4.69) is 136 Å². The molecule has 7 heteroatoms. The van der Waals surface area contributed by atoms with Crippen molar-refractivity contribution in [1.82, 2.24) is 5.06 Å². The van der Waals surface area contributed by atoms with E-state index in [1.807, 2.05) is 0 Å². The Morgan fingerprint density at radius 1 is 0.898 bits per heavy atom. The van der Waals surface area contributed by atoms with Gasteiger partial charge in [-0.2, -0.15) is 4.58 Å². The number of carbonyl (C=O) groups excluding carboxylic acids is 3. The Bertz CT molecular complexity index is 1930. The lowest BCUT2D eigenvalue weighted by molar-refractivity contribution is -0.438. The summed E-state index contributed by atoms with van der Waals surface area (Å²) in [5.41, 5.74) is 8.76. The highest BCUT2D eigenvalue weighted by Crippen LogP contribution is 2.48. The van der Waals surface area contributed by atoms with Crippen LogP contribution in [0.15, 0.2) is 90.7 Å². The van der Waals surface area contributed by atoms with Gasteiger partial charge in [-0.1, -0.05) is 74.0 Å². The molecule has 3 heterocycles. The number of aryl methyl sites for hydroxylation is 1. The minimum atomic E-state index is -0.540. The summed E-state index contributed by atoms with van der Waals surface area (Å²) >= 11 is 0. The molecular formula is C42H48N3O4+. The summed E-state index contributed by atoms with van der Waals surface area (Å²) < 4.78 is 2.43. The number of hydrogen-bond donors (Lipinski definition) is 0. The van der Waals surface area contributed by atoms with Crippen LogP contribution in [0.2, 0.25) is 0 Å². The number of hydrogen-bond acceptors (Lipinski definition) is 5. The summed E-state index contributed by atoms with van der Waals surface area (Å²) in [6.45, 7) is 15.3. The van der Waals surface area contributed by atoms with E-state index in [0.29, 0.717) is 11.5 Å². The van der Waals surface area contributed by atoms with Crippen LogP contribution in [0.5, 0.6) is 0 Å². The van der Waals surface area contributed by atoms with E-state index in [9.17, 15) is 14.4 Å². The fourth-order valence-corrected chi connectivity index (χ4v) is 7.79. The second-order valence-corrected chi connectivity index (χ2v) is 14.4. The number of likely N-dealkylation sites (N-methyl/N-ethyl adjacent to an activating group) is 1. The van der Waals surface area contributed by atoms with E-state index in [4.69, 9.17) is 4.84 Å². The molecule has 6 rings (SSSR count). The predicted octanol–water partition coefficient (Wildman–Crippen LogP) is 8.51. The third-order valence-electron chi connectivity index (χ3n) is 10.3. The minimum Gasteiger partial charge on any atom is -0.344 e. The van der Waals surface area contributed by atoms with Crippen LogP contribution in [0, 0.1) is 6.92 Å². The Morgan fingerprint density at radius 3 is 2.41 bits per heavy atom. The maximum Gasteiger partial charge on any atom is 0.333 e. The number of carbonyl (C=O) groups is 3. The van der Waals surface area contributed by atoms with Gasteiger partial charge in [-0.15, -0.1) is 5.06 Å². The monoisotopic (exact) mass is 658 g/mol. The van der Waals surface area contributed by atoms with Crippen molar-refractivity contribution < 1.29 is 23.8 Å². The van der Waals surface area contributed by atoms with E-state index >= 15 is 0 Å². The van der Waals surface area contributed by atoms with Crippen molar-refractivity contribution >= 4 is 45.6 Å². The lowest BCUT2D eigenvalue weighted by Gasteiger charge is -2.25. The summed E-state index contributed by atoms with van der Waals surface area (Å²) in [5, 5.41) is 3.13. The molecule has 3 aliphatic heterocycles. The molecule has 254 valence electrons. The van der Waals surface area contributed by atoms with E-state index in [-0.39, 0.29) is 30.1 Å². The molecule has 0 spiro atoms. The fraction of sp³-hybridized carbons (Fsp3) is 0.381. The molecule has 1 saturated heterocycles. The van der Waals surface area contributed by atoms with Gasteiger partial charge in [0, 0.05) is 66.7 Å². The molecule has 3 aliphatic rings. The largest absolute Gasteiger partial charge is 0.344 e. The van der Waals surface area contributed by atoms with Gasteiger partial charge in [-0.25, -0.2) is 4.79 Å². The number of nitrogens with zero attached hydrogens (tertiary/aromatic N) is 3. The van der Waals surface area contributed by atoms with Crippen LogP contribution in [-0.4, -0.2) is 46.2 Å². The molecule has 0 aromatic heterocycles. The van der Waals surface area contributed by atoms with E-state index in [1.165, 1.54) is 50.2 Å². The van der Waals surface area contributed by atoms with Crippen LogP contribution in [-0.2, 0) is 30.1 Å². The second kappa shape index (κ2) is 13.6. The number of rotatable bonds is 11. The standard InChI is InChI=1S/C42H48N3O4/c1-7-43-33-23-21-29(2)28-32(33)41(3,4)35(43)18-10-8-11-19-36-42(5,6)40-31-17-14-13-16-30(31)22-24-34(40)44(36)27-15-9-12-20-39(48)49-45-37(46)25-26-38(45)47/h8,10-11,13-14,16-19,21-24,28H,7,9,12,15,20,25-27H2,1-6H3/q+1. The molecule has 0 saturated carbocycles. The van der Waals surface area contributed by atoms with Gasteiger partial charge in [0.2, 0.25) is 5.69 Å². The smallest absolute Gasteiger partial charge is 0.333 e. The second-order valence-electron chi connectivity index (χ2n) is 14.4. The van der Waals surface area contributed by atoms with Gasteiger partial charge in [0.05, 0.1) is 5.41 Å². The van der Waals surface area contributed by atoms with Crippen LogP contribution in [0.4, 0.5) is 11.4 Å². The first-order valence-corrected chi connectivity index (χ1v) is 17.6. The number of allylic oxidation sites excluding steroid dienone is 6. The molecule has 7 nitrogen and oxygen atoms in total. The van der Waals surface area contributed by atoms with E-state index in [1.54, 1.807) is 0 Å². The number of fused-ring (bicyclic) bond motifs is 4. The minimum absolute atomic E-state index is 0.0765. The fourth-order valence-electron chi connectivity index (χ4n) is 7.79. The van der Waals surface area contributed by atoms with Crippen molar-refractivity contribution in [3.8, 4) is 0 Å². The van der Waals surface area contributed by atoms with Crippen LogP contribution in [0.25, 0.3) is 10.8 Å². The average molecular weight is 659 g/mol. The summed E-state index contributed by atoms with van der Waals surface area (Å²) in [6.07, 6.45) is 13.6. The maximum absolute atomic E-state index is 12.3. The van der Waals surface area contributed by atoms with Crippen molar-refractivity contribution in [2.24, 2.45) is 0 Å². The first-order valence-electron chi connectivity index (χ1n) is 17.6. The van der Waals surface area contributed by atoms with Gasteiger partial charge < -0.3 is 9.74 Å². The zero-order chi connectivity index (χ0) is 34.9. The van der Waals surface area contributed by atoms with Crippen molar-refractivity contribution in [2.75, 3.05) is 18.0 Å². The third-order valence-corrected chi connectivity index (χ3v) is 10.3. The van der Waals surface area contributed by atoms with Gasteiger partial charge in [0.15, 0.2) is 5.71 Å². The first kappa shape index (κ1) is 34.1. The molecule has 0 aliphatic carbocycles. The quantitative estimate of drug-likeness (QED) is 0.0895. The van der Waals surface area contributed by atoms with Gasteiger partial charge in [0.25, 0.3) is 11.8 Å². The molecule has 0 bridgehead atoms. The number of hydroxylamine groups is 2. The van der Waals surface area contributed by atoms with E-state index in [0.717, 1.165) is 25.9 Å². The third kappa shape index (κ3) is 6.39. The number of anilines is 1. The lowest BCUT2D eigenvalue weighted by atomic mass is 9.79. The summed E-state index contributed by atoms with van der Waals surface area (Å²) in [7, 11) is 0. The number of unbranched alkanes of at least 4 members (excludes halogenated alkanes) is 2. The van der Waals surface area contributed by atoms with Crippen molar-refractivity contribution in [3.05, 3.63) is 107 Å². The van der Waals surface area contributed by atoms with E-state index < -0.39 is 17.8 Å². The predicted molar refractivity (Wildman–Crippen MR) is 196 cm³/mol. The Labute approximate surface area is 290 Å². The molecule has 0 radical (unpaired) electrons. The zero-order valence-corrected chi connectivity index (χ0v) is 29.7. The molecule has 1 fully saturated rings. The molecule has 0 atom stereocenters. The van der Waals surface area contributed by atoms with Gasteiger partial charge in [-0.3, -0.25) is 9.59 Å². The van der Waals surface area contributed by atoms with Gasteiger partial charge in [0.1, 0.15) is 6.54 Å². The lowest BCUT2D eigenvalue weighted by Crippen LogP contribution is -2.31. The zero-order valence-electron chi connectivity index (χ0n) is 29.7.